The highest BCUT2D eigenvalue weighted by molar-refractivity contribution is 5.97. The maximum absolute atomic E-state index is 12.7. The molecule has 7 heteroatoms. The largest absolute Gasteiger partial charge is 0.497 e. The maximum Gasteiger partial charge on any atom is 0.257 e. The number of hydrogen-bond acceptors (Lipinski definition) is 5. The van der Waals surface area contributed by atoms with E-state index in [0.29, 0.717) is 36.8 Å². The topological polar surface area (TPSA) is 80.4 Å². The minimum absolute atomic E-state index is 0.0448. The Morgan fingerprint density at radius 1 is 1.21 bits per heavy atom. The number of carbonyl (C=O) groups excluding carboxylic acids is 2. The van der Waals surface area contributed by atoms with Crippen molar-refractivity contribution in [2.75, 3.05) is 33.9 Å². The number of piperidine rings is 1. The number of nitrogens with one attached hydrogen (secondary N) is 1. The van der Waals surface area contributed by atoms with Gasteiger partial charge in [0.2, 0.25) is 0 Å². The van der Waals surface area contributed by atoms with Gasteiger partial charge in [0.25, 0.3) is 11.8 Å². The summed E-state index contributed by atoms with van der Waals surface area (Å²) in [6.45, 7) is 1.72. The predicted molar refractivity (Wildman–Crippen MR) is 86.4 cm³/mol. The number of methoxy groups -OCH3 is 2. The second-order valence-corrected chi connectivity index (χ2v) is 5.96. The van der Waals surface area contributed by atoms with Crippen LogP contribution in [0.3, 0.4) is 0 Å². The highest BCUT2D eigenvalue weighted by Gasteiger charge is 2.34. The fourth-order valence-corrected chi connectivity index (χ4v) is 2.87. The van der Waals surface area contributed by atoms with E-state index in [4.69, 9.17) is 14.2 Å². The lowest BCUT2D eigenvalue weighted by Gasteiger charge is -2.32. The Hall–Kier alpha value is -2.28. The van der Waals surface area contributed by atoms with Crippen LogP contribution in [0.2, 0.25) is 0 Å². The fraction of sp³-hybridized carbons (Fsp3) is 0.529. The van der Waals surface area contributed by atoms with Crippen molar-refractivity contribution >= 4 is 11.8 Å². The average molecular weight is 334 g/mol. The Bertz CT molecular complexity index is 621. The SMILES string of the molecule is COc1ccc(C(=O)N2CCC(NC(=O)C3CO3)CC2)c(OC)c1. The van der Waals surface area contributed by atoms with Crippen LogP contribution >= 0.6 is 0 Å². The number of carbonyl (C=O) groups is 2. The summed E-state index contributed by atoms with van der Waals surface area (Å²) in [7, 11) is 3.11. The van der Waals surface area contributed by atoms with Gasteiger partial charge in [-0.2, -0.15) is 0 Å². The van der Waals surface area contributed by atoms with Gasteiger partial charge >= 0.3 is 0 Å². The van der Waals surface area contributed by atoms with E-state index in [2.05, 4.69) is 5.32 Å². The molecule has 0 spiro atoms. The Balaban J connectivity index is 1.59. The monoisotopic (exact) mass is 334 g/mol. The summed E-state index contributed by atoms with van der Waals surface area (Å²) < 4.78 is 15.4. The zero-order valence-electron chi connectivity index (χ0n) is 13.9. The van der Waals surface area contributed by atoms with E-state index in [0.717, 1.165) is 12.8 Å². The molecule has 2 saturated heterocycles. The number of epoxide rings is 1. The molecule has 2 fully saturated rings. The van der Waals surface area contributed by atoms with Crippen molar-refractivity contribution in [2.45, 2.75) is 25.0 Å². The molecule has 0 aromatic heterocycles. The summed E-state index contributed by atoms with van der Waals surface area (Å²) in [5, 5.41) is 2.97. The van der Waals surface area contributed by atoms with Gasteiger partial charge in [-0.1, -0.05) is 0 Å². The Labute approximate surface area is 140 Å². The number of amides is 2. The molecule has 2 aliphatic heterocycles. The lowest BCUT2D eigenvalue weighted by atomic mass is 10.0. The Kier molecular flexibility index (Phi) is 4.89. The summed E-state index contributed by atoms with van der Waals surface area (Å²) in [6, 6.07) is 5.27. The van der Waals surface area contributed by atoms with Crippen molar-refractivity contribution in [3.63, 3.8) is 0 Å². The Morgan fingerprint density at radius 2 is 1.92 bits per heavy atom. The van der Waals surface area contributed by atoms with Gasteiger partial charge in [-0.3, -0.25) is 9.59 Å². The molecule has 1 atom stereocenters. The third-order valence-electron chi connectivity index (χ3n) is 4.39. The van der Waals surface area contributed by atoms with Gasteiger partial charge in [-0.15, -0.1) is 0 Å². The molecule has 1 N–H and O–H groups in total. The van der Waals surface area contributed by atoms with E-state index in [1.165, 1.54) is 7.11 Å². The van der Waals surface area contributed by atoms with Gasteiger partial charge in [0.1, 0.15) is 11.5 Å². The zero-order valence-corrected chi connectivity index (χ0v) is 13.9. The summed E-state index contributed by atoms with van der Waals surface area (Å²) >= 11 is 0. The molecule has 3 rings (SSSR count). The molecule has 0 saturated carbocycles. The highest BCUT2D eigenvalue weighted by atomic mass is 16.6. The molecule has 0 bridgehead atoms. The van der Waals surface area contributed by atoms with Gasteiger partial charge in [0, 0.05) is 25.2 Å². The van der Waals surface area contributed by atoms with Crippen molar-refractivity contribution < 1.29 is 23.8 Å². The summed E-state index contributed by atoms with van der Waals surface area (Å²) in [6.07, 6.45) is 1.21. The lowest BCUT2D eigenvalue weighted by molar-refractivity contribution is -0.123. The molecule has 0 aliphatic carbocycles. The second-order valence-electron chi connectivity index (χ2n) is 5.96. The van der Waals surface area contributed by atoms with Crippen LogP contribution in [0.5, 0.6) is 11.5 Å². The molecular weight excluding hydrogens is 312 g/mol. The molecule has 0 radical (unpaired) electrons. The first-order valence-electron chi connectivity index (χ1n) is 8.05. The van der Waals surface area contributed by atoms with Gasteiger partial charge in [0.15, 0.2) is 6.10 Å². The van der Waals surface area contributed by atoms with E-state index in [1.807, 2.05) is 0 Å². The summed E-state index contributed by atoms with van der Waals surface area (Å²) in [5.74, 6) is 1.04. The zero-order chi connectivity index (χ0) is 17.1. The number of benzene rings is 1. The number of likely N-dealkylation sites (tertiary alicyclic amines) is 1. The third kappa shape index (κ3) is 3.62. The van der Waals surface area contributed by atoms with E-state index in [1.54, 1.807) is 30.2 Å². The van der Waals surface area contributed by atoms with E-state index >= 15 is 0 Å². The van der Waals surface area contributed by atoms with Gasteiger partial charge in [0.05, 0.1) is 26.4 Å². The summed E-state index contributed by atoms with van der Waals surface area (Å²) in [5.41, 5.74) is 0.521. The fourth-order valence-electron chi connectivity index (χ4n) is 2.87. The average Bonchev–Trinajstić information content (AvgIpc) is 3.46. The Morgan fingerprint density at radius 3 is 2.50 bits per heavy atom. The molecule has 2 aliphatic rings. The highest BCUT2D eigenvalue weighted by Crippen LogP contribution is 2.26. The maximum atomic E-state index is 12.7. The molecule has 2 heterocycles. The van der Waals surface area contributed by atoms with Gasteiger partial charge < -0.3 is 24.4 Å². The lowest BCUT2D eigenvalue weighted by Crippen LogP contribution is -2.47. The van der Waals surface area contributed by atoms with Crippen molar-refractivity contribution in [3.05, 3.63) is 23.8 Å². The first-order chi connectivity index (χ1) is 11.6. The van der Waals surface area contributed by atoms with Crippen LogP contribution in [0.4, 0.5) is 0 Å². The quantitative estimate of drug-likeness (QED) is 0.807. The molecule has 1 aromatic rings. The minimum Gasteiger partial charge on any atom is -0.497 e. The van der Waals surface area contributed by atoms with Crippen LogP contribution in [0.15, 0.2) is 18.2 Å². The standard InChI is InChI=1S/C17H22N2O5/c1-22-12-3-4-13(14(9-12)23-2)17(21)19-7-5-11(6-8-19)18-16(20)15-10-24-15/h3-4,9,11,15H,5-8,10H2,1-2H3,(H,18,20). The molecular formula is C17H22N2O5. The number of hydrogen-bond donors (Lipinski definition) is 1. The van der Waals surface area contributed by atoms with Crippen LogP contribution in [0.1, 0.15) is 23.2 Å². The van der Waals surface area contributed by atoms with E-state index < -0.39 is 0 Å². The van der Waals surface area contributed by atoms with E-state index in [9.17, 15) is 9.59 Å². The van der Waals surface area contributed by atoms with Crippen molar-refractivity contribution in [3.8, 4) is 11.5 Å². The van der Waals surface area contributed by atoms with Crippen molar-refractivity contribution in [1.29, 1.82) is 0 Å². The molecule has 1 aromatic carbocycles. The van der Waals surface area contributed by atoms with Crippen LogP contribution in [0, 0.1) is 0 Å². The van der Waals surface area contributed by atoms with Crippen molar-refractivity contribution in [1.82, 2.24) is 10.2 Å². The van der Waals surface area contributed by atoms with Crippen LogP contribution in [-0.2, 0) is 9.53 Å². The number of rotatable bonds is 5. The third-order valence-corrected chi connectivity index (χ3v) is 4.39. The predicted octanol–water partition coefficient (Wildman–Crippen LogP) is 0.823. The van der Waals surface area contributed by atoms with E-state index in [-0.39, 0.29) is 24.0 Å². The summed E-state index contributed by atoms with van der Waals surface area (Å²) in [4.78, 5) is 26.2. The minimum atomic E-state index is -0.270. The molecule has 1 unspecified atom stereocenters. The number of nitrogens with zero attached hydrogens (tertiary/aromatic N) is 1. The van der Waals surface area contributed by atoms with Gasteiger partial charge in [-0.05, 0) is 25.0 Å². The van der Waals surface area contributed by atoms with Crippen LogP contribution < -0.4 is 14.8 Å². The normalized spacial score (nSPS) is 20.4. The smallest absolute Gasteiger partial charge is 0.257 e. The molecule has 24 heavy (non-hydrogen) atoms. The van der Waals surface area contributed by atoms with Crippen LogP contribution in [-0.4, -0.2) is 62.8 Å². The molecule has 130 valence electrons. The number of ether oxygens (including phenoxy) is 3. The first-order valence-corrected chi connectivity index (χ1v) is 8.05. The first kappa shape index (κ1) is 16.6. The molecule has 7 nitrogen and oxygen atoms in total. The second kappa shape index (κ2) is 7.09. The molecule has 2 amide bonds. The van der Waals surface area contributed by atoms with Crippen molar-refractivity contribution in [2.24, 2.45) is 0 Å². The van der Waals surface area contributed by atoms with Gasteiger partial charge in [-0.25, -0.2) is 0 Å². The van der Waals surface area contributed by atoms with Crippen LogP contribution in [0.25, 0.3) is 0 Å².